The van der Waals surface area contributed by atoms with E-state index in [4.69, 9.17) is 16.3 Å². The van der Waals surface area contributed by atoms with Crippen molar-refractivity contribution in [3.8, 4) is 0 Å². The van der Waals surface area contributed by atoms with E-state index in [9.17, 15) is 4.79 Å². The average Bonchev–Trinajstić information content (AvgIpc) is 2.28. The predicted octanol–water partition coefficient (Wildman–Crippen LogP) is 1.15. The summed E-state index contributed by atoms with van der Waals surface area (Å²) in [6.45, 7) is 0.938. The maximum atomic E-state index is 11.7. The molecule has 2 N–H and O–H groups in total. The van der Waals surface area contributed by atoms with Crippen molar-refractivity contribution < 1.29 is 9.53 Å². The van der Waals surface area contributed by atoms with Crippen LogP contribution in [0.4, 0.5) is 5.82 Å². The number of ether oxygens (including phenoxy) is 1. The van der Waals surface area contributed by atoms with Crippen LogP contribution in [0, 0.1) is 0 Å². The number of anilines is 1. The smallest absolute Gasteiger partial charge is 0.251 e. The quantitative estimate of drug-likeness (QED) is 0.602. The van der Waals surface area contributed by atoms with Gasteiger partial charge in [0.2, 0.25) is 0 Å². The van der Waals surface area contributed by atoms with Crippen LogP contribution in [0.5, 0.6) is 0 Å². The fourth-order valence-electron chi connectivity index (χ4n) is 1.12. The van der Waals surface area contributed by atoms with Crippen LogP contribution in [0.25, 0.3) is 0 Å². The van der Waals surface area contributed by atoms with Crippen molar-refractivity contribution in [2.24, 2.45) is 0 Å². The molecule has 0 bridgehead atoms. The van der Waals surface area contributed by atoms with E-state index < -0.39 is 0 Å². The Morgan fingerprint density at radius 2 is 2.31 bits per heavy atom. The minimum atomic E-state index is -0.196. The SMILES string of the molecule is CNc1cc(C(=O)NCCOC)cc(Cl)n1. The molecular formula is C10H14ClN3O2. The maximum absolute atomic E-state index is 11.7. The zero-order valence-electron chi connectivity index (χ0n) is 9.21. The molecule has 1 amide bonds. The molecule has 1 aromatic rings. The molecule has 1 aromatic heterocycles. The van der Waals surface area contributed by atoms with E-state index in [0.29, 0.717) is 24.5 Å². The van der Waals surface area contributed by atoms with Gasteiger partial charge in [0.15, 0.2) is 0 Å². The lowest BCUT2D eigenvalue weighted by Gasteiger charge is -2.06. The van der Waals surface area contributed by atoms with E-state index in [1.807, 2.05) is 0 Å². The number of methoxy groups -OCH3 is 1. The lowest BCUT2D eigenvalue weighted by atomic mass is 10.2. The van der Waals surface area contributed by atoms with Crippen LogP contribution in [-0.2, 0) is 4.74 Å². The van der Waals surface area contributed by atoms with Gasteiger partial charge in [-0.25, -0.2) is 4.98 Å². The summed E-state index contributed by atoms with van der Waals surface area (Å²) in [7, 11) is 3.29. The zero-order valence-corrected chi connectivity index (χ0v) is 9.97. The van der Waals surface area contributed by atoms with Crippen molar-refractivity contribution in [1.82, 2.24) is 10.3 Å². The van der Waals surface area contributed by atoms with Gasteiger partial charge in [0.05, 0.1) is 6.61 Å². The molecule has 0 unspecified atom stereocenters. The Hall–Kier alpha value is -1.33. The molecule has 1 rings (SSSR count). The second-order valence-corrected chi connectivity index (χ2v) is 3.45. The molecule has 0 saturated carbocycles. The first kappa shape index (κ1) is 12.7. The Morgan fingerprint density at radius 3 is 2.94 bits per heavy atom. The number of amides is 1. The number of hydrogen-bond donors (Lipinski definition) is 2. The van der Waals surface area contributed by atoms with Gasteiger partial charge in [-0.2, -0.15) is 0 Å². The standard InChI is InChI=1S/C10H14ClN3O2/c1-12-9-6-7(5-8(11)14-9)10(15)13-3-4-16-2/h5-6H,3-4H2,1-2H3,(H,12,14)(H,13,15). The number of halogens is 1. The summed E-state index contributed by atoms with van der Waals surface area (Å²) < 4.78 is 4.83. The van der Waals surface area contributed by atoms with Gasteiger partial charge < -0.3 is 15.4 Å². The molecule has 0 aliphatic rings. The number of carbonyl (C=O) groups is 1. The first-order valence-corrected chi connectivity index (χ1v) is 5.17. The van der Waals surface area contributed by atoms with Crippen molar-refractivity contribution >= 4 is 23.3 Å². The van der Waals surface area contributed by atoms with Crippen molar-refractivity contribution in [3.05, 3.63) is 22.8 Å². The molecular weight excluding hydrogens is 230 g/mol. The Morgan fingerprint density at radius 1 is 1.56 bits per heavy atom. The van der Waals surface area contributed by atoms with E-state index in [-0.39, 0.29) is 11.1 Å². The molecule has 0 aliphatic heterocycles. The van der Waals surface area contributed by atoms with Crippen molar-refractivity contribution in [1.29, 1.82) is 0 Å². The monoisotopic (exact) mass is 243 g/mol. The molecule has 1 heterocycles. The highest BCUT2D eigenvalue weighted by Gasteiger charge is 2.07. The van der Waals surface area contributed by atoms with Crippen LogP contribution in [0.3, 0.4) is 0 Å². The maximum Gasteiger partial charge on any atom is 0.251 e. The van der Waals surface area contributed by atoms with Gasteiger partial charge in [0.25, 0.3) is 5.91 Å². The van der Waals surface area contributed by atoms with E-state index in [1.54, 1.807) is 20.2 Å². The van der Waals surface area contributed by atoms with Gasteiger partial charge in [-0.1, -0.05) is 11.6 Å². The number of pyridine rings is 1. The second kappa shape index (κ2) is 6.30. The van der Waals surface area contributed by atoms with Gasteiger partial charge in [-0.3, -0.25) is 4.79 Å². The van der Waals surface area contributed by atoms with Gasteiger partial charge in [-0.05, 0) is 12.1 Å². The number of nitrogens with one attached hydrogen (secondary N) is 2. The molecule has 0 fully saturated rings. The van der Waals surface area contributed by atoms with Gasteiger partial charge >= 0.3 is 0 Å². The average molecular weight is 244 g/mol. The minimum Gasteiger partial charge on any atom is -0.383 e. The van der Waals surface area contributed by atoms with Crippen LogP contribution in [-0.4, -0.2) is 38.2 Å². The summed E-state index contributed by atoms with van der Waals surface area (Å²) >= 11 is 5.78. The van der Waals surface area contributed by atoms with Crippen LogP contribution in [0.1, 0.15) is 10.4 Å². The Bertz CT molecular complexity index is 371. The summed E-state index contributed by atoms with van der Waals surface area (Å²) in [5.41, 5.74) is 0.473. The fourth-order valence-corrected chi connectivity index (χ4v) is 1.33. The molecule has 6 heteroatoms. The van der Waals surface area contributed by atoms with Gasteiger partial charge in [0.1, 0.15) is 11.0 Å². The first-order valence-electron chi connectivity index (χ1n) is 4.80. The largest absolute Gasteiger partial charge is 0.383 e. The molecule has 0 saturated heterocycles. The number of aromatic nitrogens is 1. The molecule has 88 valence electrons. The highest BCUT2D eigenvalue weighted by atomic mass is 35.5. The lowest BCUT2D eigenvalue weighted by Crippen LogP contribution is -2.27. The zero-order chi connectivity index (χ0) is 12.0. The summed E-state index contributed by atoms with van der Waals surface area (Å²) in [6.07, 6.45) is 0. The highest BCUT2D eigenvalue weighted by molar-refractivity contribution is 6.29. The number of nitrogens with zero attached hydrogens (tertiary/aromatic N) is 1. The third-order valence-electron chi connectivity index (χ3n) is 1.90. The van der Waals surface area contributed by atoms with Crippen molar-refractivity contribution in [2.75, 3.05) is 32.6 Å². The predicted molar refractivity (Wildman–Crippen MR) is 63.0 cm³/mol. The van der Waals surface area contributed by atoms with Crippen molar-refractivity contribution in [3.63, 3.8) is 0 Å². The summed E-state index contributed by atoms with van der Waals surface area (Å²) in [6, 6.07) is 3.15. The molecule has 0 aromatic carbocycles. The Balaban J connectivity index is 2.71. The third-order valence-corrected chi connectivity index (χ3v) is 2.10. The molecule has 0 aliphatic carbocycles. The van der Waals surface area contributed by atoms with E-state index in [1.165, 1.54) is 6.07 Å². The van der Waals surface area contributed by atoms with Gasteiger partial charge in [0, 0.05) is 26.3 Å². The fraction of sp³-hybridized carbons (Fsp3) is 0.400. The summed E-state index contributed by atoms with van der Waals surface area (Å²) in [5.74, 6) is 0.363. The number of carbonyl (C=O) groups excluding carboxylic acids is 1. The third kappa shape index (κ3) is 3.67. The van der Waals surface area contributed by atoms with Crippen LogP contribution in [0.15, 0.2) is 12.1 Å². The van der Waals surface area contributed by atoms with Crippen LogP contribution in [0.2, 0.25) is 5.15 Å². The molecule has 0 spiro atoms. The van der Waals surface area contributed by atoms with Crippen LogP contribution >= 0.6 is 11.6 Å². The molecule has 0 radical (unpaired) electrons. The lowest BCUT2D eigenvalue weighted by molar-refractivity contribution is 0.0937. The van der Waals surface area contributed by atoms with Crippen LogP contribution < -0.4 is 10.6 Å². The summed E-state index contributed by atoms with van der Waals surface area (Å²) in [5, 5.41) is 5.81. The normalized spacial score (nSPS) is 9.94. The molecule has 16 heavy (non-hydrogen) atoms. The van der Waals surface area contributed by atoms with E-state index in [0.717, 1.165) is 0 Å². The van der Waals surface area contributed by atoms with E-state index >= 15 is 0 Å². The first-order chi connectivity index (χ1) is 7.67. The number of rotatable bonds is 5. The Labute approximate surface area is 99.2 Å². The Kier molecular flexibility index (Phi) is 5.01. The van der Waals surface area contributed by atoms with Gasteiger partial charge in [-0.15, -0.1) is 0 Å². The molecule has 5 nitrogen and oxygen atoms in total. The number of hydrogen-bond acceptors (Lipinski definition) is 4. The topological polar surface area (TPSA) is 63.2 Å². The summed E-state index contributed by atoms with van der Waals surface area (Å²) in [4.78, 5) is 15.6. The van der Waals surface area contributed by atoms with E-state index in [2.05, 4.69) is 15.6 Å². The second-order valence-electron chi connectivity index (χ2n) is 3.06. The molecule has 0 atom stereocenters. The van der Waals surface area contributed by atoms with Crippen molar-refractivity contribution in [2.45, 2.75) is 0 Å². The minimum absolute atomic E-state index is 0.196. The highest BCUT2D eigenvalue weighted by Crippen LogP contribution is 2.13.